The van der Waals surface area contributed by atoms with Crippen molar-refractivity contribution < 1.29 is 9.47 Å². The van der Waals surface area contributed by atoms with Gasteiger partial charge in [-0.05, 0) is 51.0 Å². The summed E-state index contributed by atoms with van der Waals surface area (Å²) in [6.07, 6.45) is 10.7. The summed E-state index contributed by atoms with van der Waals surface area (Å²) in [5.41, 5.74) is 0.206. The quantitative estimate of drug-likeness (QED) is 0.862. The molecule has 2 saturated heterocycles. The Kier molecular flexibility index (Phi) is 4.68. The Morgan fingerprint density at radius 1 is 1.10 bits per heavy atom. The molecule has 1 aliphatic carbocycles. The summed E-state index contributed by atoms with van der Waals surface area (Å²) >= 11 is 0. The molecule has 3 fully saturated rings. The van der Waals surface area contributed by atoms with Gasteiger partial charge in [-0.1, -0.05) is 26.2 Å². The average molecular weight is 281 g/mol. The molecule has 116 valence electrons. The number of ether oxygens (including phenoxy) is 2. The van der Waals surface area contributed by atoms with E-state index in [-0.39, 0.29) is 5.60 Å². The normalized spacial score (nSPS) is 39.0. The van der Waals surface area contributed by atoms with E-state index in [2.05, 4.69) is 19.3 Å². The fourth-order valence-electron chi connectivity index (χ4n) is 4.76. The maximum Gasteiger partial charge on any atom is 0.0756 e. The number of rotatable bonds is 3. The van der Waals surface area contributed by atoms with Crippen molar-refractivity contribution in [3.63, 3.8) is 0 Å². The minimum Gasteiger partial charge on any atom is -0.376 e. The van der Waals surface area contributed by atoms with Crippen molar-refractivity contribution in [1.82, 2.24) is 5.32 Å². The Bertz CT molecular complexity index is 309. The summed E-state index contributed by atoms with van der Waals surface area (Å²) in [5.74, 6) is 1.41. The Morgan fingerprint density at radius 2 is 1.90 bits per heavy atom. The number of nitrogens with one attached hydrogen (secondary N) is 1. The van der Waals surface area contributed by atoms with Crippen LogP contribution in [0.3, 0.4) is 0 Å². The molecule has 3 aliphatic rings. The van der Waals surface area contributed by atoms with E-state index in [1.807, 2.05) is 0 Å². The molecule has 20 heavy (non-hydrogen) atoms. The van der Waals surface area contributed by atoms with E-state index < -0.39 is 0 Å². The van der Waals surface area contributed by atoms with Gasteiger partial charge in [0.1, 0.15) is 0 Å². The summed E-state index contributed by atoms with van der Waals surface area (Å²) in [5, 5.41) is 3.59. The molecular weight excluding hydrogens is 250 g/mol. The molecule has 1 spiro atoms. The van der Waals surface area contributed by atoms with Gasteiger partial charge in [-0.25, -0.2) is 0 Å². The van der Waals surface area contributed by atoms with Crippen LogP contribution in [0.15, 0.2) is 0 Å². The fourth-order valence-corrected chi connectivity index (χ4v) is 4.76. The second kappa shape index (κ2) is 6.33. The molecule has 2 heterocycles. The number of likely N-dealkylation sites (N-methyl/N-ethyl adjacent to an activating group) is 1. The standard InChI is InChI=1S/C17H31NO2/c1-13-6-10-19-16(13)15(18-2)14-7-11-20-17(12-14)8-4-3-5-9-17/h13-16,18H,3-12H2,1-2H3. The van der Waals surface area contributed by atoms with Gasteiger partial charge in [-0.2, -0.15) is 0 Å². The summed E-state index contributed by atoms with van der Waals surface area (Å²) in [4.78, 5) is 0. The molecule has 4 unspecified atom stereocenters. The monoisotopic (exact) mass is 281 g/mol. The SMILES string of the molecule is CNC(C1CCOC2(CCCCC2)C1)C1OCCC1C. The predicted molar refractivity (Wildman–Crippen MR) is 80.9 cm³/mol. The van der Waals surface area contributed by atoms with Crippen molar-refractivity contribution in [2.24, 2.45) is 11.8 Å². The van der Waals surface area contributed by atoms with Gasteiger partial charge in [0.05, 0.1) is 11.7 Å². The van der Waals surface area contributed by atoms with E-state index in [9.17, 15) is 0 Å². The molecular formula is C17H31NO2. The van der Waals surface area contributed by atoms with Crippen LogP contribution in [0.1, 0.15) is 58.3 Å². The first kappa shape index (κ1) is 14.8. The van der Waals surface area contributed by atoms with Crippen molar-refractivity contribution in [3.8, 4) is 0 Å². The molecule has 0 aromatic carbocycles. The Labute approximate surface area is 123 Å². The molecule has 3 nitrogen and oxygen atoms in total. The van der Waals surface area contributed by atoms with Gasteiger partial charge in [0.2, 0.25) is 0 Å². The van der Waals surface area contributed by atoms with Crippen LogP contribution in [0.25, 0.3) is 0 Å². The van der Waals surface area contributed by atoms with E-state index in [0.717, 1.165) is 19.1 Å². The molecule has 0 aromatic heterocycles. The van der Waals surface area contributed by atoms with Gasteiger partial charge in [-0.3, -0.25) is 0 Å². The third-order valence-corrected chi connectivity index (χ3v) is 5.94. The van der Waals surface area contributed by atoms with Crippen molar-refractivity contribution in [3.05, 3.63) is 0 Å². The van der Waals surface area contributed by atoms with Crippen LogP contribution in [0.2, 0.25) is 0 Å². The molecule has 2 aliphatic heterocycles. The third-order valence-electron chi connectivity index (χ3n) is 5.94. The topological polar surface area (TPSA) is 30.5 Å². The Balaban J connectivity index is 1.68. The molecule has 3 rings (SSSR count). The van der Waals surface area contributed by atoms with E-state index in [4.69, 9.17) is 9.47 Å². The van der Waals surface area contributed by atoms with Crippen molar-refractivity contribution in [2.45, 2.75) is 76.0 Å². The highest BCUT2D eigenvalue weighted by atomic mass is 16.5. The van der Waals surface area contributed by atoms with Crippen LogP contribution in [0.4, 0.5) is 0 Å². The van der Waals surface area contributed by atoms with E-state index in [1.165, 1.54) is 51.4 Å². The third kappa shape index (κ3) is 2.90. The van der Waals surface area contributed by atoms with Crippen molar-refractivity contribution in [1.29, 1.82) is 0 Å². The second-order valence-electron chi connectivity index (χ2n) is 7.26. The average Bonchev–Trinajstić information content (AvgIpc) is 2.87. The zero-order chi connectivity index (χ0) is 14.0. The minimum absolute atomic E-state index is 0.206. The van der Waals surface area contributed by atoms with Crippen LogP contribution in [0.5, 0.6) is 0 Å². The van der Waals surface area contributed by atoms with Crippen LogP contribution in [-0.2, 0) is 9.47 Å². The summed E-state index contributed by atoms with van der Waals surface area (Å²) in [6.45, 7) is 4.24. The first-order valence-corrected chi connectivity index (χ1v) is 8.67. The Hall–Kier alpha value is -0.120. The van der Waals surface area contributed by atoms with Gasteiger partial charge in [-0.15, -0.1) is 0 Å². The summed E-state index contributed by atoms with van der Waals surface area (Å²) in [7, 11) is 2.11. The lowest BCUT2D eigenvalue weighted by Crippen LogP contribution is -2.52. The predicted octanol–water partition coefficient (Wildman–Crippen LogP) is 3.13. The fraction of sp³-hybridized carbons (Fsp3) is 1.00. The lowest BCUT2D eigenvalue weighted by molar-refractivity contribution is -0.128. The molecule has 3 heteroatoms. The van der Waals surface area contributed by atoms with E-state index in [0.29, 0.717) is 18.1 Å². The van der Waals surface area contributed by atoms with E-state index in [1.54, 1.807) is 0 Å². The number of hydrogen-bond acceptors (Lipinski definition) is 3. The molecule has 0 bridgehead atoms. The zero-order valence-corrected chi connectivity index (χ0v) is 13.2. The largest absolute Gasteiger partial charge is 0.376 e. The Morgan fingerprint density at radius 3 is 2.55 bits per heavy atom. The second-order valence-corrected chi connectivity index (χ2v) is 7.26. The van der Waals surface area contributed by atoms with Gasteiger partial charge in [0.25, 0.3) is 0 Å². The highest BCUT2D eigenvalue weighted by Gasteiger charge is 2.44. The molecule has 0 aromatic rings. The molecule has 0 amide bonds. The van der Waals surface area contributed by atoms with Crippen LogP contribution in [0, 0.1) is 11.8 Å². The number of hydrogen-bond donors (Lipinski definition) is 1. The minimum atomic E-state index is 0.206. The van der Waals surface area contributed by atoms with Crippen LogP contribution in [-0.4, -0.2) is 38.0 Å². The maximum absolute atomic E-state index is 6.25. The van der Waals surface area contributed by atoms with Gasteiger partial charge in [0, 0.05) is 19.3 Å². The smallest absolute Gasteiger partial charge is 0.0756 e. The van der Waals surface area contributed by atoms with Crippen molar-refractivity contribution in [2.75, 3.05) is 20.3 Å². The van der Waals surface area contributed by atoms with Crippen LogP contribution < -0.4 is 5.32 Å². The summed E-state index contributed by atoms with van der Waals surface area (Å²) < 4.78 is 12.3. The molecule has 0 radical (unpaired) electrons. The lowest BCUT2D eigenvalue weighted by Gasteiger charge is -2.46. The first-order chi connectivity index (χ1) is 9.74. The van der Waals surface area contributed by atoms with Gasteiger partial charge < -0.3 is 14.8 Å². The lowest BCUT2D eigenvalue weighted by atomic mass is 9.72. The summed E-state index contributed by atoms with van der Waals surface area (Å²) in [6, 6.07) is 0.509. The molecule has 4 atom stereocenters. The zero-order valence-electron chi connectivity index (χ0n) is 13.2. The first-order valence-electron chi connectivity index (χ1n) is 8.67. The van der Waals surface area contributed by atoms with Crippen LogP contribution >= 0.6 is 0 Å². The molecule has 1 N–H and O–H groups in total. The molecule has 1 saturated carbocycles. The maximum atomic E-state index is 6.25. The van der Waals surface area contributed by atoms with Gasteiger partial charge >= 0.3 is 0 Å². The van der Waals surface area contributed by atoms with Crippen molar-refractivity contribution >= 4 is 0 Å². The van der Waals surface area contributed by atoms with E-state index >= 15 is 0 Å². The highest BCUT2D eigenvalue weighted by molar-refractivity contribution is 4.96. The highest BCUT2D eigenvalue weighted by Crippen LogP contribution is 2.43. The van der Waals surface area contributed by atoms with Gasteiger partial charge in [0.15, 0.2) is 0 Å².